The van der Waals surface area contributed by atoms with E-state index in [0.29, 0.717) is 18.0 Å². The van der Waals surface area contributed by atoms with Gasteiger partial charge in [-0.1, -0.05) is 24.6 Å². The van der Waals surface area contributed by atoms with Crippen molar-refractivity contribution in [3.63, 3.8) is 0 Å². The van der Waals surface area contributed by atoms with E-state index in [1.807, 2.05) is 0 Å². The van der Waals surface area contributed by atoms with Crippen molar-refractivity contribution in [2.45, 2.75) is 50.8 Å². The summed E-state index contributed by atoms with van der Waals surface area (Å²) < 4.78 is 0. The van der Waals surface area contributed by atoms with E-state index in [-0.39, 0.29) is 29.7 Å². The number of aliphatic hydroxyl groups is 3. The van der Waals surface area contributed by atoms with Crippen LogP contribution in [0.4, 0.5) is 0 Å². The maximum absolute atomic E-state index is 13.9. The second kappa shape index (κ2) is 9.62. The molecule has 4 aliphatic carbocycles. The Morgan fingerprint density at radius 1 is 1.18 bits per heavy atom. The van der Waals surface area contributed by atoms with Gasteiger partial charge in [-0.15, -0.1) is 0 Å². The van der Waals surface area contributed by atoms with E-state index in [9.17, 15) is 34.8 Å². The smallest absolute Gasteiger partial charge is 0.255 e. The third kappa shape index (κ3) is 4.00. The molecule has 208 valence electrons. The van der Waals surface area contributed by atoms with E-state index < -0.39 is 58.0 Å². The molecular weight excluding hydrogens is 502 g/mol. The minimum absolute atomic E-state index is 0.0681. The fourth-order valence-electron chi connectivity index (χ4n) is 6.97. The lowest BCUT2D eigenvalue weighted by atomic mass is 9.57. The van der Waals surface area contributed by atoms with Crippen LogP contribution in [0.5, 0.6) is 5.75 Å². The number of carbonyl (C=O) groups is 3. The zero-order chi connectivity index (χ0) is 28.4. The van der Waals surface area contributed by atoms with Gasteiger partial charge in [-0.2, -0.15) is 0 Å². The number of hydrogen-bond acceptors (Lipinski definition) is 9. The predicted octanol–water partition coefficient (Wildman–Crippen LogP) is 1.41. The molecule has 1 aromatic rings. The molecule has 0 aliphatic heterocycles. The van der Waals surface area contributed by atoms with Crippen LogP contribution in [0.3, 0.4) is 0 Å². The SMILES string of the molecule is CC1CCC=C1CNCc1ccc(O)c2c1C[C@@H]1C[C@@H]3[C@@H](N(C)C)C(=O)C(C(N)=O)=C(O)[C@]3(O)C(=O)C1=C2O. The molecule has 0 heterocycles. The first-order chi connectivity index (χ1) is 18.4. The number of aliphatic hydroxyl groups excluding tert-OH is 2. The molecule has 1 aromatic carbocycles. The average molecular weight is 538 g/mol. The van der Waals surface area contributed by atoms with E-state index in [1.165, 1.54) is 16.5 Å². The Morgan fingerprint density at radius 3 is 2.51 bits per heavy atom. The van der Waals surface area contributed by atoms with Gasteiger partial charge in [-0.3, -0.25) is 19.3 Å². The molecule has 1 unspecified atom stereocenters. The number of nitrogens with two attached hydrogens (primary N) is 1. The molecule has 7 N–H and O–H groups in total. The van der Waals surface area contributed by atoms with Crippen molar-refractivity contribution in [1.82, 2.24) is 10.2 Å². The number of hydrogen-bond donors (Lipinski definition) is 6. The van der Waals surface area contributed by atoms with E-state index in [0.717, 1.165) is 24.9 Å². The number of nitrogens with one attached hydrogen (secondary N) is 1. The minimum atomic E-state index is -2.63. The van der Waals surface area contributed by atoms with Crippen molar-refractivity contribution in [3.05, 3.63) is 57.4 Å². The van der Waals surface area contributed by atoms with E-state index in [2.05, 4.69) is 18.3 Å². The number of aromatic hydroxyl groups is 1. The highest BCUT2D eigenvalue weighted by molar-refractivity contribution is 6.24. The standard InChI is InChI=1S/C29H35N3O7/c1-13-5-4-6-14(13)11-31-12-15-7-8-19(33)21-17(15)9-16-10-18-23(32(2)3)25(35)22(28(30)38)27(37)29(18,39)26(36)20(16)24(21)34/h6-8,13,16,18,23,31,33-34,37,39H,4-5,9-12H2,1-3H3,(H2,30,38)/t13?,16-,18-,23-,29-/m1/s1. The second-order valence-corrected chi connectivity index (χ2v) is 11.4. The molecule has 1 amide bonds. The first-order valence-corrected chi connectivity index (χ1v) is 13.3. The van der Waals surface area contributed by atoms with Gasteiger partial charge in [0.15, 0.2) is 11.4 Å². The predicted molar refractivity (Wildman–Crippen MR) is 142 cm³/mol. The number of Topliss-reactive ketones (excluding diaryl/α,β-unsaturated/α-hetero) is 2. The van der Waals surface area contributed by atoms with Crippen molar-refractivity contribution < 1.29 is 34.8 Å². The molecule has 5 atom stereocenters. The molecule has 5 rings (SSSR count). The molecule has 1 saturated carbocycles. The number of amides is 1. The average Bonchev–Trinajstić information content (AvgIpc) is 3.26. The summed E-state index contributed by atoms with van der Waals surface area (Å²) in [5, 5.41) is 48.1. The highest BCUT2D eigenvalue weighted by atomic mass is 16.3. The Morgan fingerprint density at radius 2 is 1.90 bits per heavy atom. The molecule has 39 heavy (non-hydrogen) atoms. The summed E-state index contributed by atoms with van der Waals surface area (Å²) in [7, 11) is 3.16. The Bertz CT molecular complexity index is 1370. The number of nitrogens with zero attached hydrogens (tertiary/aromatic N) is 1. The number of benzene rings is 1. The lowest BCUT2D eigenvalue weighted by Crippen LogP contribution is -2.65. The summed E-state index contributed by atoms with van der Waals surface area (Å²) in [6, 6.07) is 2.14. The molecule has 10 nitrogen and oxygen atoms in total. The molecule has 1 fully saturated rings. The number of primary amides is 1. The number of rotatable bonds is 6. The van der Waals surface area contributed by atoms with Crippen molar-refractivity contribution >= 4 is 23.2 Å². The normalized spacial score (nSPS) is 30.3. The van der Waals surface area contributed by atoms with Gasteiger partial charge < -0.3 is 31.5 Å². The lowest BCUT2D eigenvalue weighted by molar-refractivity contribution is -0.153. The third-order valence-corrected chi connectivity index (χ3v) is 8.98. The van der Waals surface area contributed by atoms with Crippen LogP contribution in [-0.2, 0) is 27.3 Å². The largest absolute Gasteiger partial charge is 0.508 e. The molecule has 0 spiro atoms. The number of phenolic OH excluding ortho intramolecular Hbond substituents is 1. The fourth-order valence-corrected chi connectivity index (χ4v) is 6.97. The number of ketones is 2. The van der Waals surface area contributed by atoms with Crippen molar-refractivity contribution in [1.29, 1.82) is 0 Å². The Balaban J connectivity index is 1.57. The molecule has 0 aromatic heterocycles. The fraction of sp³-hybridized carbons (Fsp3) is 0.483. The van der Waals surface area contributed by atoms with Crippen LogP contribution < -0.4 is 11.1 Å². The van der Waals surface area contributed by atoms with Crippen LogP contribution in [0.25, 0.3) is 5.76 Å². The van der Waals surface area contributed by atoms with Gasteiger partial charge >= 0.3 is 0 Å². The van der Waals surface area contributed by atoms with Crippen LogP contribution in [0, 0.1) is 17.8 Å². The maximum atomic E-state index is 13.9. The molecular formula is C29H35N3O7. The summed E-state index contributed by atoms with van der Waals surface area (Å²) in [5.74, 6) is -5.96. The van der Waals surface area contributed by atoms with Crippen LogP contribution in [0.2, 0.25) is 0 Å². The Kier molecular flexibility index (Phi) is 6.69. The van der Waals surface area contributed by atoms with E-state index in [1.54, 1.807) is 20.2 Å². The lowest BCUT2D eigenvalue weighted by Gasteiger charge is -2.50. The van der Waals surface area contributed by atoms with Gasteiger partial charge in [-0.05, 0) is 68.8 Å². The third-order valence-electron chi connectivity index (χ3n) is 8.98. The number of fused-ring (bicyclic) bond motifs is 3. The Hall–Kier alpha value is -3.47. The van der Waals surface area contributed by atoms with Gasteiger partial charge in [-0.25, -0.2) is 0 Å². The topological polar surface area (TPSA) is 173 Å². The zero-order valence-electron chi connectivity index (χ0n) is 22.3. The molecule has 10 heteroatoms. The number of allylic oxidation sites excluding steroid dienone is 1. The molecule has 0 bridgehead atoms. The number of phenols is 1. The second-order valence-electron chi connectivity index (χ2n) is 11.4. The highest BCUT2D eigenvalue weighted by Crippen LogP contribution is 2.52. The summed E-state index contributed by atoms with van der Waals surface area (Å²) in [6.45, 7) is 3.40. The van der Waals surface area contributed by atoms with Gasteiger partial charge in [0.25, 0.3) is 5.91 Å². The maximum Gasteiger partial charge on any atom is 0.255 e. The minimum Gasteiger partial charge on any atom is -0.508 e. The van der Waals surface area contributed by atoms with Crippen molar-refractivity contribution in [2.24, 2.45) is 23.5 Å². The van der Waals surface area contributed by atoms with Crippen molar-refractivity contribution in [3.8, 4) is 5.75 Å². The summed E-state index contributed by atoms with van der Waals surface area (Å²) in [4.78, 5) is 40.7. The van der Waals surface area contributed by atoms with Crippen LogP contribution in [0.1, 0.15) is 42.9 Å². The molecule has 0 radical (unpaired) electrons. The first kappa shape index (κ1) is 27.1. The summed E-state index contributed by atoms with van der Waals surface area (Å²) in [5.41, 5.74) is 4.76. The monoisotopic (exact) mass is 537 g/mol. The summed E-state index contributed by atoms with van der Waals surface area (Å²) in [6.07, 6.45) is 4.80. The van der Waals surface area contributed by atoms with Gasteiger partial charge in [0.2, 0.25) is 5.78 Å². The van der Waals surface area contributed by atoms with E-state index >= 15 is 0 Å². The van der Waals surface area contributed by atoms with Gasteiger partial charge in [0.05, 0.1) is 11.6 Å². The van der Waals surface area contributed by atoms with Crippen molar-refractivity contribution in [2.75, 3.05) is 20.6 Å². The summed E-state index contributed by atoms with van der Waals surface area (Å²) >= 11 is 0. The van der Waals surface area contributed by atoms with Crippen LogP contribution in [-0.4, -0.2) is 75.1 Å². The zero-order valence-corrected chi connectivity index (χ0v) is 22.3. The van der Waals surface area contributed by atoms with Gasteiger partial charge in [0.1, 0.15) is 22.8 Å². The Labute approximate surface area is 226 Å². The number of likely N-dealkylation sites (N-methyl/N-ethyl adjacent to an activating group) is 1. The molecule has 0 saturated heterocycles. The van der Waals surface area contributed by atoms with Gasteiger partial charge in [0, 0.05) is 24.6 Å². The molecule has 4 aliphatic rings. The van der Waals surface area contributed by atoms with E-state index in [4.69, 9.17) is 5.73 Å². The van der Waals surface area contributed by atoms with Crippen LogP contribution >= 0.6 is 0 Å². The quantitative estimate of drug-likeness (QED) is 0.232. The number of carbonyl (C=O) groups excluding carboxylic acids is 3. The van der Waals surface area contributed by atoms with Crippen LogP contribution in [0.15, 0.2) is 40.7 Å². The first-order valence-electron chi connectivity index (χ1n) is 13.3. The highest BCUT2D eigenvalue weighted by Gasteiger charge is 2.64.